The number of aryl methyl sites for hydroxylation is 1. The highest BCUT2D eigenvalue weighted by Gasteiger charge is 2.13. The zero-order valence-corrected chi connectivity index (χ0v) is 20.0. The normalized spacial score (nSPS) is 12.1. The van der Waals surface area contributed by atoms with Gasteiger partial charge in [0.2, 0.25) is 0 Å². The Kier molecular flexibility index (Phi) is 5.98. The van der Waals surface area contributed by atoms with Crippen molar-refractivity contribution in [3.8, 4) is 11.5 Å². The van der Waals surface area contributed by atoms with Gasteiger partial charge in [-0.15, -0.1) is 0 Å². The largest absolute Gasteiger partial charge is 0.490 e. The van der Waals surface area contributed by atoms with Gasteiger partial charge >= 0.3 is 0 Å². The van der Waals surface area contributed by atoms with Gasteiger partial charge in [0, 0.05) is 5.56 Å². The van der Waals surface area contributed by atoms with Gasteiger partial charge in [0.15, 0.2) is 16.5 Å². The molecule has 5 aromatic rings. The first-order valence-corrected chi connectivity index (χ1v) is 11.9. The van der Waals surface area contributed by atoms with Crippen LogP contribution in [0.3, 0.4) is 0 Å². The van der Waals surface area contributed by atoms with Crippen molar-refractivity contribution in [2.45, 2.75) is 20.5 Å². The summed E-state index contributed by atoms with van der Waals surface area (Å²) in [6.45, 7) is 4.48. The summed E-state index contributed by atoms with van der Waals surface area (Å²) in [5.74, 6) is 0.680. The Bertz CT molecular complexity index is 1640. The number of fused-ring (bicyclic) bond motifs is 3. The van der Waals surface area contributed by atoms with Crippen LogP contribution in [0.1, 0.15) is 23.6 Å². The Morgan fingerprint density at radius 1 is 1.12 bits per heavy atom. The van der Waals surface area contributed by atoms with E-state index in [-0.39, 0.29) is 12.2 Å². The van der Waals surface area contributed by atoms with Gasteiger partial charge in [0.05, 0.1) is 27.2 Å². The molecular formula is C26H20ClFN2O3S. The highest BCUT2D eigenvalue weighted by molar-refractivity contribution is 7.15. The van der Waals surface area contributed by atoms with Crippen LogP contribution in [0.15, 0.2) is 59.4 Å². The monoisotopic (exact) mass is 494 g/mol. The van der Waals surface area contributed by atoms with Gasteiger partial charge in [-0.05, 0) is 61.4 Å². The molecule has 0 saturated carbocycles. The highest BCUT2D eigenvalue weighted by atomic mass is 35.5. The molecule has 34 heavy (non-hydrogen) atoms. The zero-order valence-electron chi connectivity index (χ0n) is 18.5. The third-order valence-electron chi connectivity index (χ3n) is 5.43. The molecule has 0 unspecified atom stereocenters. The minimum Gasteiger partial charge on any atom is -0.490 e. The Hall–Kier alpha value is -3.42. The summed E-state index contributed by atoms with van der Waals surface area (Å²) < 4.78 is 27.2. The average molecular weight is 495 g/mol. The van der Waals surface area contributed by atoms with Crippen molar-refractivity contribution in [1.82, 2.24) is 9.38 Å². The lowest BCUT2D eigenvalue weighted by Crippen LogP contribution is -2.22. The van der Waals surface area contributed by atoms with Gasteiger partial charge in [0.25, 0.3) is 5.56 Å². The lowest BCUT2D eigenvalue weighted by atomic mass is 10.2. The third-order valence-corrected chi connectivity index (χ3v) is 6.76. The van der Waals surface area contributed by atoms with Gasteiger partial charge in [0.1, 0.15) is 12.4 Å². The van der Waals surface area contributed by atoms with Crippen LogP contribution in [0.25, 0.3) is 22.1 Å². The van der Waals surface area contributed by atoms with Gasteiger partial charge in [-0.2, -0.15) is 0 Å². The topological polar surface area (TPSA) is 52.8 Å². The van der Waals surface area contributed by atoms with Crippen LogP contribution in [0.5, 0.6) is 11.5 Å². The van der Waals surface area contributed by atoms with Crippen LogP contribution in [-0.4, -0.2) is 16.0 Å². The number of hydrogen-bond donors (Lipinski definition) is 0. The number of halogens is 2. The fourth-order valence-electron chi connectivity index (χ4n) is 3.77. The summed E-state index contributed by atoms with van der Waals surface area (Å²) in [7, 11) is 0. The van der Waals surface area contributed by atoms with Crippen LogP contribution in [0.2, 0.25) is 5.02 Å². The van der Waals surface area contributed by atoms with Crippen LogP contribution in [0, 0.1) is 12.7 Å². The number of imidazole rings is 1. The lowest BCUT2D eigenvalue weighted by Gasteiger charge is -2.13. The molecule has 0 aliphatic carbocycles. The maximum Gasteiger partial charge on any atom is 0.274 e. The molecule has 0 amide bonds. The van der Waals surface area contributed by atoms with Gasteiger partial charge in [-0.25, -0.2) is 13.8 Å². The molecule has 2 heterocycles. The van der Waals surface area contributed by atoms with Crippen molar-refractivity contribution in [3.05, 3.63) is 97.0 Å². The molecule has 0 atom stereocenters. The van der Waals surface area contributed by atoms with E-state index in [1.807, 2.05) is 50.3 Å². The molecule has 0 aliphatic heterocycles. The summed E-state index contributed by atoms with van der Waals surface area (Å²) in [6.07, 6.45) is 1.83. The lowest BCUT2D eigenvalue weighted by molar-refractivity contribution is 0.269. The van der Waals surface area contributed by atoms with Crippen LogP contribution < -0.4 is 19.6 Å². The number of hydrogen-bond acceptors (Lipinski definition) is 5. The maximum atomic E-state index is 13.3. The second-order valence-corrected chi connectivity index (χ2v) is 9.17. The smallest absolute Gasteiger partial charge is 0.274 e. The molecule has 0 bridgehead atoms. The van der Waals surface area contributed by atoms with Gasteiger partial charge < -0.3 is 9.47 Å². The van der Waals surface area contributed by atoms with E-state index >= 15 is 0 Å². The molecule has 2 aromatic heterocycles. The van der Waals surface area contributed by atoms with Crippen molar-refractivity contribution >= 4 is 45.0 Å². The highest BCUT2D eigenvalue weighted by Crippen LogP contribution is 2.30. The SMILES string of the molecule is CCOc1cc(/C=c2\sc3nc4c(C)cccc4n3c2=O)ccc1OCc1ccc(F)cc1Cl. The minimum atomic E-state index is -0.398. The minimum absolute atomic E-state index is 0.0997. The van der Waals surface area contributed by atoms with Crippen molar-refractivity contribution in [1.29, 1.82) is 0 Å². The van der Waals surface area contributed by atoms with Crippen molar-refractivity contribution < 1.29 is 13.9 Å². The summed E-state index contributed by atoms with van der Waals surface area (Å²) >= 11 is 7.46. The molecule has 172 valence electrons. The molecule has 0 aliphatic rings. The van der Waals surface area contributed by atoms with Crippen molar-refractivity contribution in [2.24, 2.45) is 0 Å². The molecule has 0 N–H and O–H groups in total. The molecule has 5 nitrogen and oxygen atoms in total. The second-order valence-electron chi connectivity index (χ2n) is 7.75. The fraction of sp³-hybridized carbons (Fsp3) is 0.154. The van der Waals surface area contributed by atoms with E-state index in [4.69, 9.17) is 21.1 Å². The Morgan fingerprint density at radius 2 is 1.97 bits per heavy atom. The Labute approximate surface area is 203 Å². The average Bonchev–Trinajstić information content (AvgIpc) is 3.32. The summed E-state index contributed by atoms with van der Waals surface area (Å²) in [6, 6.07) is 15.5. The predicted molar refractivity (Wildman–Crippen MR) is 134 cm³/mol. The zero-order chi connectivity index (χ0) is 23.8. The van der Waals surface area contributed by atoms with E-state index in [0.29, 0.717) is 38.2 Å². The van der Waals surface area contributed by atoms with E-state index in [0.717, 1.165) is 22.2 Å². The molecule has 0 fully saturated rings. The molecule has 8 heteroatoms. The number of aromatic nitrogens is 2. The Morgan fingerprint density at radius 3 is 2.76 bits per heavy atom. The number of rotatable bonds is 6. The Balaban J connectivity index is 1.49. The first kappa shape index (κ1) is 22.4. The summed E-state index contributed by atoms with van der Waals surface area (Å²) in [5, 5.41) is 0.302. The molecule has 0 radical (unpaired) electrons. The summed E-state index contributed by atoms with van der Waals surface area (Å²) in [5.41, 5.74) is 4.07. The summed E-state index contributed by atoms with van der Waals surface area (Å²) in [4.78, 5) is 18.4. The first-order chi connectivity index (χ1) is 16.4. The number of benzene rings is 3. The van der Waals surface area contributed by atoms with Crippen LogP contribution in [0.4, 0.5) is 4.39 Å². The number of ether oxygens (including phenoxy) is 2. The van der Waals surface area contributed by atoms with Gasteiger partial charge in [-0.3, -0.25) is 4.79 Å². The van der Waals surface area contributed by atoms with Crippen molar-refractivity contribution in [3.63, 3.8) is 0 Å². The molecule has 0 spiro atoms. The second kappa shape index (κ2) is 9.08. The number of para-hydroxylation sites is 1. The number of nitrogens with zero attached hydrogens (tertiary/aromatic N) is 2. The van der Waals surface area contributed by atoms with Gasteiger partial charge in [-0.1, -0.05) is 47.2 Å². The molecule has 5 rings (SSSR count). The van der Waals surface area contributed by atoms with Crippen LogP contribution in [-0.2, 0) is 6.61 Å². The van der Waals surface area contributed by atoms with E-state index in [2.05, 4.69) is 4.98 Å². The van der Waals surface area contributed by atoms with E-state index in [1.165, 1.54) is 23.5 Å². The maximum absolute atomic E-state index is 13.3. The number of thiazole rings is 1. The quantitative estimate of drug-likeness (QED) is 0.311. The van der Waals surface area contributed by atoms with E-state index in [1.54, 1.807) is 16.5 Å². The fourth-order valence-corrected chi connectivity index (χ4v) is 4.98. The van der Waals surface area contributed by atoms with E-state index < -0.39 is 5.82 Å². The first-order valence-electron chi connectivity index (χ1n) is 10.7. The third kappa shape index (κ3) is 4.13. The molecule has 3 aromatic carbocycles. The van der Waals surface area contributed by atoms with E-state index in [9.17, 15) is 9.18 Å². The standard InChI is InChI=1S/C26H20ClFN2O3S/c1-3-32-22-11-16(7-10-21(22)33-14-17-8-9-18(28)13-19(17)27)12-23-25(31)30-20-6-4-5-15(2)24(20)29-26(30)34-23/h4-13H,3,14H2,1-2H3/b23-12-. The molecular weight excluding hydrogens is 475 g/mol. The van der Waals surface area contributed by atoms with Crippen molar-refractivity contribution in [2.75, 3.05) is 6.61 Å². The molecule has 0 saturated heterocycles. The van der Waals surface area contributed by atoms with Crippen LogP contribution >= 0.6 is 22.9 Å². The predicted octanol–water partition coefficient (Wildman–Crippen LogP) is 5.54.